The molecule has 18 heavy (non-hydrogen) atoms. The summed E-state index contributed by atoms with van der Waals surface area (Å²) in [6.07, 6.45) is 5.17. The van der Waals surface area contributed by atoms with Gasteiger partial charge < -0.3 is 15.0 Å². The minimum atomic E-state index is -0.222. The zero-order chi connectivity index (χ0) is 13.2. The van der Waals surface area contributed by atoms with Crippen LogP contribution in [0.4, 0.5) is 0 Å². The summed E-state index contributed by atoms with van der Waals surface area (Å²) in [6, 6.07) is 0.556. The number of amides is 1. The van der Waals surface area contributed by atoms with Crippen LogP contribution in [0.25, 0.3) is 0 Å². The third-order valence-corrected chi connectivity index (χ3v) is 3.82. The van der Waals surface area contributed by atoms with Crippen molar-refractivity contribution >= 4 is 5.91 Å². The van der Waals surface area contributed by atoms with Crippen LogP contribution >= 0.6 is 0 Å². The van der Waals surface area contributed by atoms with Gasteiger partial charge in [-0.05, 0) is 33.6 Å². The Labute approximate surface area is 110 Å². The van der Waals surface area contributed by atoms with Crippen LogP contribution in [0.5, 0.6) is 0 Å². The molecule has 1 N–H and O–H groups in total. The molecule has 104 valence electrons. The van der Waals surface area contributed by atoms with E-state index in [4.69, 9.17) is 4.74 Å². The van der Waals surface area contributed by atoms with Crippen molar-refractivity contribution in [2.24, 2.45) is 0 Å². The van der Waals surface area contributed by atoms with E-state index in [1.54, 1.807) is 0 Å². The van der Waals surface area contributed by atoms with Crippen molar-refractivity contribution in [1.29, 1.82) is 0 Å². The summed E-state index contributed by atoms with van der Waals surface area (Å²) in [5.41, 5.74) is -0.222. The van der Waals surface area contributed by atoms with E-state index in [1.165, 1.54) is 25.7 Å². The van der Waals surface area contributed by atoms with Gasteiger partial charge in [0, 0.05) is 19.1 Å². The van der Waals surface area contributed by atoms with Gasteiger partial charge in [0.15, 0.2) is 0 Å². The maximum absolute atomic E-state index is 12.2. The minimum absolute atomic E-state index is 0.129. The van der Waals surface area contributed by atoms with Crippen molar-refractivity contribution in [2.75, 3.05) is 19.6 Å². The molecule has 1 saturated heterocycles. The Bertz CT molecular complexity index is 298. The van der Waals surface area contributed by atoms with Crippen LogP contribution in [0.3, 0.4) is 0 Å². The molecule has 1 unspecified atom stereocenters. The molecule has 1 aliphatic heterocycles. The number of ether oxygens (including phenoxy) is 1. The average Bonchev–Trinajstić information content (AvgIpc) is 2.75. The summed E-state index contributed by atoms with van der Waals surface area (Å²) in [5, 5.41) is 3.39. The fraction of sp³-hybridized carbons (Fsp3) is 0.929. The van der Waals surface area contributed by atoms with E-state index in [2.05, 4.69) is 5.32 Å². The highest BCUT2D eigenvalue weighted by Crippen LogP contribution is 2.21. The molecule has 0 radical (unpaired) electrons. The molecule has 1 aliphatic carbocycles. The lowest BCUT2D eigenvalue weighted by molar-refractivity contribution is -0.157. The minimum Gasteiger partial charge on any atom is -0.369 e. The first-order valence-electron chi connectivity index (χ1n) is 7.15. The van der Waals surface area contributed by atoms with Gasteiger partial charge in [-0.15, -0.1) is 0 Å². The van der Waals surface area contributed by atoms with Gasteiger partial charge in [-0.3, -0.25) is 4.79 Å². The molecule has 2 aliphatic rings. The fourth-order valence-electron chi connectivity index (χ4n) is 3.12. The van der Waals surface area contributed by atoms with Crippen molar-refractivity contribution < 1.29 is 9.53 Å². The number of rotatable bonds is 3. The van der Waals surface area contributed by atoms with Crippen LogP contribution < -0.4 is 5.32 Å². The molecule has 1 saturated carbocycles. The van der Waals surface area contributed by atoms with E-state index < -0.39 is 0 Å². The highest BCUT2D eigenvalue weighted by molar-refractivity contribution is 5.78. The third kappa shape index (κ3) is 3.69. The molecule has 2 rings (SSSR count). The highest BCUT2D eigenvalue weighted by atomic mass is 16.5. The van der Waals surface area contributed by atoms with Crippen molar-refractivity contribution in [2.45, 2.75) is 64.2 Å². The Kier molecular flexibility index (Phi) is 4.28. The number of carbonyl (C=O) groups excluding carboxylic acids is 1. The number of morpholine rings is 1. The molecule has 2 fully saturated rings. The molecule has 4 nitrogen and oxygen atoms in total. The van der Waals surface area contributed by atoms with E-state index in [1.807, 2.05) is 25.7 Å². The first-order chi connectivity index (χ1) is 8.46. The van der Waals surface area contributed by atoms with Crippen molar-refractivity contribution in [1.82, 2.24) is 10.2 Å². The Balaban J connectivity index is 1.80. The van der Waals surface area contributed by atoms with Crippen LogP contribution in [-0.4, -0.2) is 48.2 Å². The van der Waals surface area contributed by atoms with Gasteiger partial charge in [-0.25, -0.2) is 0 Å². The molecule has 1 amide bonds. The zero-order valence-electron chi connectivity index (χ0n) is 11.9. The van der Waals surface area contributed by atoms with Crippen LogP contribution in [0.1, 0.15) is 46.5 Å². The largest absolute Gasteiger partial charge is 0.369 e. The summed E-state index contributed by atoms with van der Waals surface area (Å²) < 4.78 is 5.82. The second-order valence-electron chi connectivity index (χ2n) is 6.32. The fourth-order valence-corrected chi connectivity index (χ4v) is 3.12. The smallest absolute Gasteiger partial charge is 0.236 e. The Morgan fingerprint density at radius 2 is 2.06 bits per heavy atom. The first kappa shape index (κ1) is 13.8. The molecule has 4 heteroatoms. The van der Waals surface area contributed by atoms with E-state index in [-0.39, 0.29) is 17.6 Å². The Hall–Kier alpha value is -0.610. The quantitative estimate of drug-likeness (QED) is 0.831. The zero-order valence-corrected chi connectivity index (χ0v) is 11.9. The molecule has 0 spiro atoms. The number of nitrogens with one attached hydrogen (secondary N) is 1. The summed E-state index contributed by atoms with van der Waals surface area (Å²) in [4.78, 5) is 14.1. The lowest BCUT2D eigenvalue weighted by atomic mass is 10.1. The van der Waals surface area contributed by atoms with Gasteiger partial charge in [0.1, 0.15) is 0 Å². The molecular formula is C14H26N2O2. The lowest BCUT2D eigenvalue weighted by Gasteiger charge is -2.41. The van der Waals surface area contributed by atoms with E-state index in [0.29, 0.717) is 25.7 Å². The van der Waals surface area contributed by atoms with Gasteiger partial charge in [-0.2, -0.15) is 0 Å². The third-order valence-electron chi connectivity index (χ3n) is 3.82. The normalized spacial score (nSPS) is 28.6. The van der Waals surface area contributed by atoms with Crippen molar-refractivity contribution in [3.63, 3.8) is 0 Å². The Morgan fingerprint density at radius 3 is 2.67 bits per heavy atom. The molecule has 1 heterocycles. The highest BCUT2D eigenvalue weighted by Gasteiger charge is 2.33. The summed E-state index contributed by atoms with van der Waals surface area (Å²) in [6.45, 7) is 8.02. The van der Waals surface area contributed by atoms with Crippen LogP contribution in [0.15, 0.2) is 0 Å². The molecule has 0 aromatic rings. The van der Waals surface area contributed by atoms with Crippen LogP contribution in [0, 0.1) is 0 Å². The predicted molar refractivity (Wildman–Crippen MR) is 71.5 cm³/mol. The average molecular weight is 254 g/mol. The SMILES string of the molecule is CC1CN(C(=O)CNC2CCCC2)CC(C)(C)O1. The second kappa shape index (κ2) is 5.57. The maximum atomic E-state index is 12.2. The second-order valence-corrected chi connectivity index (χ2v) is 6.32. The molecule has 0 bridgehead atoms. The number of hydrogen-bond acceptors (Lipinski definition) is 3. The standard InChI is InChI=1S/C14H26N2O2/c1-11-9-16(10-14(2,3)18-11)13(17)8-15-12-6-4-5-7-12/h11-12,15H,4-10H2,1-3H3. The monoisotopic (exact) mass is 254 g/mol. The maximum Gasteiger partial charge on any atom is 0.236 e. The number of nitrogens with zero attached hydrogens (tertiary/aromatic N) is 1. The number of carbonyl (C=O) groups is 1. The van der Waals surface area contributed by atoms with Crippen molar-refractivity contribution in [3.8, 4) is 0 Å². The lowest BCUT2D eigenvalue weighted by Crippen LogP contribution is -2.55. The summed E-state index contributed by atoms with van der Waals surface area (Å²) in [7, 11) is 0. The van der Waals surface area contributed by atoms with Crippen molar-refractivity contribution in [3.05, 3.63) is 0 Å². The molecule has 0 aromatic heterocycles. The number of hydrogen-bond donors (Lipinski definition) is 1. The summed E-state index contributed by atoms with van der Waals surface area (Å²) in [5.74, 6) is 0.213. The molecule has 1 atom stereocenters. The van der Waals surface area contributed by atoms with E-state index in [0.717, 1.165) is 0 Å². The first-order valence-corrected chi connectivity index (χ1v) is 7.15. The topological polar surface area (TPSA) is 41.6 Å². The Morgan fingerprint density at radius 1 is 1.39 bits per heavy atom. The van der Waals surface area contributed by atoms with Crippen LogP contribution in [-0.2, 0) is 9.53 Å². The van der Waals surface area contributed by atoms with Gasteiger partial charge in [0.2, 0.25) is 5.91 Å². The van der Waals surface area contributed by atoms with E-state index >= 15 is 0 Å². The van der Waals surface area contributed by atoms with Gasteiger partial charge in [0.25, 0.3) is 0 Å². The van der Waals surface area contributed by atoms with Gasteiger partial charge in [0.05, 0.1) is 18.2 Å². The summed E-state index contributed by atoms with van der Waals surface area (Å²) >= 11 is 0. The predicted octanol–water partition coefficient (Wildman–Crippen LogP) is 1.54. The molecule has 0 aromatic carbocycles. The van der Waals surface area contributed by atoms with Crippen LogP contribution in [0.2, 0.25) is 0 Å². The van der Waals surface area contributed by atoms with E-state index in [9.17, 15) is 4.79 Å². The molecular weight excluding hydrogens is 228 g/mol. The van der Waals surface area contributed by atoms with Gasteiger partial charge >= 0.3 is 0 Å². The van der Waals surface area contributed by atoms with Gasteiger partial charge in [-0.1, -0.05) is 12.8 Å².